The molecule has 0 radical (unpaired) electrons. The van der Waals surface area contributed by atoms with E-state index in [9.17, 15) is 9.90 Å². The predicted octanol–water partition coefficient (Wildman–Crippen LogP) is 3.66. The summed E-state index contributed by atoms with van der Waals surface area (Å²) in [6.45, 7) is 6.73. The number of rotatable bonds is 12. The minimum absolute atomic E-state index is 0.0477. The van der Waals surface area contributed by atoms with Crippen molar-refractivity contribution in [2.75, 3.05) is 34.5 Å². The van der Waals surface area contributed by atoms with Crippen LogP contribution in [-0.4, -0.2) is 57.0 Å². The quantitative estimate of drug-likeness (QED) is 0.482. The molecule has 2 N–H and O–H groups in total. The fourth-order valence-electron chi connectivity index (χ4n) is 3.15. The molecule has 0 spiro atoms. The molecular formula is C25H35NO6. The number of methoxy groups -OCH3 is 3. The number of ketones is 1. The Hall–Kier alpha value is -2.77. The Balaban J connectivity index is 2.03. The lowest BCUT2D eigenvalue weighted by Gasteiger charge is -2.23. The molecule has 0 saturated carbocycles. The normalized spacial score (nSPS) is 12.2. The molecule has 7 nitrogen and oxygen atoms in total. The van der Waals surface area contributed by atoms with Crippen LogP contribution in [-0.2, 0) is 6.42 Å². The Bertz CT molecular complexity index is 865. The van der Waals surface area contributed by atoms with Crippen molar-refractivity contribution in [3.8, 4) is 23.0 Å². The number of nitrogens with one attached hydrogen (secondary N) is 1. The first-order valence-electron chi connectivity index (χ1n) is 10.7. The number of carbonyl (C=O) groups is 1. The van der Waals surface area contributed by atoms with Gasteiger partial charge in [-0.2, -0.15) is 0 Å². The van der Waals surface area contributed by atoms with Crippen molar-refractivity contribution in [2.24, 2.45) is 0 Å². The molecule has 7 heteroatoms. The average Bonchev–Trinajstić information content (AvgIpc) is 2.78. The minimum Gasteiger partial charge on any atom is -0.493 e. The van der Waals surface area contributed by atoms with Crippen LogP contribution in [0.3, 0.4) is 0 Å². The van der Waals surface area contributed by atoms with Gasteiger partial charge in [-0.05, 0) is 51.0 Å². The molecule has 0 aromatic heterocycles. The Morgan fingerprint density at radius 3 is 2.19 bits per heavy atom. The van der Waals surface area contributed by atoms with Crippen LogP contribution in [0, 0.1) is 0 Å². The highest BCUT2D eigenvalue weighted by Crippen LogP contribution is 2.38. The summed E-state index contributed by atoms with van der Waals surface area (Å²) in [4.78, 5) is 12.9. The monoisotopic (exact) mass is 445 g/mol. The molecule has 2 aromatic rings. The van der Waals surface area contributed by atoms with Crippen molar-refractivity contribution >= 4 is 5.78 Å². The number of Topliss-reactive ketones (excluding diaryl/α,β-unsaturated/α-hetero) is 1. The number of hydrogen-bond donors (Lipinski definition) is 2. The first-order valence-corrected chi connectivity index (χ1v) is 10.7. The van der Waals surface area contributed by atoms with Crippen LogP contribution in [0.1, 0.15) is 43.1 Å². The van der Waals surface area contributed by atoms with Crippen molar-refractivity contribution in [1.82, 2.24) is 5.32 Å². The van der Waals surface area contributed by atoms with E-state index in [1.807, 2.05) is 45.0 Å². The van der Waals surface area contributed by atoms with Gasteiger partial charge in [0.05, 0.1) is 21.3 Å². The second-order valence-electron chi connectivity index (χ2n) is 8.54. The molecule has 0 saturated heterocycles. The second kappa shape index (κ2) is 11.7. The molecule has 2 rings (SSSR count). The van der Waals surface area contributed by atoms with Crippen LogP contribution in [0.5, 0.6) is 23.0 Å². The summed E-state index contributed by atoms with van der Waals surface area (Å²) in [5, 5.41) is 13.5. The van der Waals surface area contributed by atoms with Crippen LogP contribution < -0.4 is 24.3 Å². The van der Waals surface area contributed by atoms with Crippen molar-refractivity contribution in [3.63, 3.8) is 0 Å². The maximum absolute atomic E-state index is 12.9. The van der Waals surface area contributed by atoms with Gasteiger partial charge in [-0.1, -0.05) is 18.2 Å². The predicted molar refractivity (Wildman–Crippen MR) is 124 cm³/mol. The minimum atomic E-state index is -0.636. The number of para-hydroxylation sites is 1. The Kier molecular flexibility index (Phi) is 9.35. The highest BCUT2D eigenvalue weighted by atomic mass is 16.5. The number of ether oxygens (including phenoxy) is 4. The number of benzene rings is 2. The number of aliphatic hydroxyl groups is 1. The second-order valence-corrected chi connectivity index (χ2v) is 8.54. The van der Waals surface area contributed by atoms with E-state index in [1.165, 1.54) is 21.3 Å². The summed E-state index contributed by atoms with van der Waals surface area (Å²) in [6.07, 6.45) is 0.151. The van der Waals surface area contributed by atoms with Crippen LogP contribution in [0.25, 0.3) is 0 Å². The lowest BCUT2D eigenvalue weighted by molar-refractivity contribution is 0.0972. The van der Waals surface area contributed by atoms with E-state index in [4.69, 9.17) is 18.9 Å². The summed E-state index contributed by atoms with van der Waals surface area (Å²) in [7, 11) is 4.56. The molecule has 0 aliphatic heterocycles. The molecule has 0 bridgehead atoms. The van der Waals surface area contributed by atoms with Gasteiger partial charge < -0.3 is 29.4 Å². The highest BCUT2D eigenvalue weighted by molar-refractivity contribution is 5.97. The van der Waals surface area contributed by atoms with E-state index in [2.05, 4.69) is 5.32 Å². The molecule has 32 heavy (non-hydrogen) atoms. The lowest BCUT2D eigenvalue weighted by atomic mass is 10.0. The lowest BCUT2D eigenvalue weighted by Crippen LogP contribution is -2.42. The van der Waals surface area contributed by atoms with Gasteiger partial charge in [-0.15, -0.1) is 0 Å². The van der Waals surface area contributed by atoms with E-state index in [1.54, 1.807) is 12.1 Å². The fraction of sp³-hybridized carbons (Fsp3) is 0.480. The third-order valence-corrected chi connectivity index (χ3v) is 4.88. The molecule has 0 fully saturated rings. The molecule has 176 valence electrons. The summed E-state index contributed by atoms with van der Waals surface area (Å²) in [6, 6.07) is 10.9. The van der Waals surface area contributed by atoms with Gasteiger partial charge >= 0.3 is 0 Å². The van der Waals surface area contributed by atoms with E-state index in [-0.39, 0.29) is 24.3 Å². The Morgan fingerprint density at radius 1 is 1.00 bits per heavy atom. The van der Waals surface area contributed by atoms with Gasteiger partial charge in [0.25, 0.3) is 0 Å². The number of β-amino-alcohol motifs (C(OH)–C–C–N with tert-alkyl or cyclic N) is 1. The Labute approximate surface area is 190 Å². The number of aliphatic hydroxyl groups excluding tert-OH is 1. The van der Waals surface area contributed by atoms with Gasteiger partial charge in [0.2, 0.25) is 5.75 Å². The van der Waals surface area contributed by atoms with Crippen molar-refractivity contribution in [2.45, 2.75) is 45.3 Å². The van der Waals surface area contributed by atoms with Gasteiger partial charge in [0.1, 0.15) is 18.5 Å². The molecule has 0 amide bonds. The van der Waals surface area contributed by atoms with E-state index in [0.29, 0.717) is 41.5 Å². The third kappa shape index (κ3) is 7.43. The standard InChI is InChI=1S/C25H35NO6/c1-25(2,3)26-15-19(27)16-32-21-10-8-7-9-17(21)11-12-20(28)18-13-22(29-4)24(31-6)23(14-18)30-5/h7-10,13-14,19,26-27H,11-12,15-16H2,1-6H3. The van der Waals surface area contributed by atoms with E-state index in [0.717, 1.165) is 5.56 Å². The smallest absolute Gasteiger partial charge is 0.203 e. The topological polar surface area (TPSA) is 86.3 Å². The zero-order chi connectivity index (χ0) is 23.7. The fourth-order valence-corrected chi connectivity index (χ4v) is 3.15. The van der Waals surface area contributed by atoms with Crippen LogP contribution in [0.15, 0.2) is 36.4 Å². The number of aryl methyl sites for hydroxylation is 1. The first-order chi connectivity index (χ1) is 15.2. The average molecular weight is 446 g/mol. The molecule has 1 unspecified atom stereocenters. The van der Waals surface area contributed by atoms with Gasteiger partial charge in [0.15, 0.2) is 17.3 Å². The molecule has 2 aromatic carbocycles. The molecule has 0 aliphatic carbocycles. The molecule has 1 atom stereocenters. The largest absolute Gasteiger partial charge is 0.493 e. The molecular weight excluding hydrogens is 410 g/mol. The zero-order valence-corrected chi connectivity index (χ0v) is 19.9. The van der Waals surface area contributed by atoms with Crippen molar-refractivity contribution < 1.29 is 28.8 Å². The van der Waals surface area contributed by atoms with Crippen LogP contribution in [0.4, 0.5) is 0 Å². The number of carbonyl (C=O) groups excluding carboxylic acids is 1. The van der Waals surface area contributed by atoms with Crippen molar-refractivity contribution in [3.05, 3.63) is 47.5 Å². The summed E-state index contributed by atoms with van der Waals surface area (Å²) in [5.74, 6) is 1.95. The molecule has 0 heterocycles. The summed E-state index contributed by atoms with van der Waals surface area (Å²) >= 11 is 0. The summed E-state index contributed by atoms with van der Waals surface area (Å²) < 4.78 is 21.8. The van der Waals surface area contributed by atoms with Gasteiger partial charge in [-0.25, -0.2) is 0 Å². The van der Waals surface area contributed by atoms with Gasteiger partial charge in [-0.3, -0.25) is 4.79 Å². The van der Waals surface area contributed by atoms with Crippen molar-refractivity contribution in [1.29, 1.82) is 0 Å². The Morgan fingerprint density at radius 2 is 1.62 bits per heavy atom. The third-order valence-electron chi connectivity index (χ3n) is 4.88. The van der Waals surface area contributed by atoms with Gasteiger partial charge in [0, 0.05) is 24.1 Å². The van der Waals surface area contributed by atoms with Crippen LogP contribution >= 0.6 is 0 Å². The van der Waals surface area contributed by atoms with Crippen LogP contribution in [0.2, 0.25) is 0 Å². The molecule has 0 aliphatic rings. The number of hydrogen-bond acceptors (Lipinski definition) is 7. The SMILES string of the molecule is COc1cc(C(=O)CCc2ccccc2OCC(O)CNC(C)(C)C)cc(OC)c1OC. The highest BCUT2D eigenvalue weighted by Gasteiger charge is 2.18. The zero-order valence-electron chi connectivity index (χ0n) is 19.9. The van der Waals surface area contributed by atoms with E-state index >= 15 is 0 Å². The van der Waals surface area contributed by atoms with E-state index < -0.39 is 6.10 Å². The maximum Gasteiger partial charge on any atom is 0.203 e. The summed E-state index contributed by atoms with van der Waals surface area (Å²) in [5.41, 5.74) is 1.32. The first kappa shape index (κ1) is 25.5. The maximum atomic E-state index is 12.9.